The van der Waals surface area contributed by atoms with Gasteiger partial charge in [0.05, 0.1) is 6.04 Å². The summed E-state index contributed by atoms with van der Waals surface area (Å²) in [6.45, 7) is 3.38. The highest BCUT2D eigenvalue weighted by Gasteiger charge is 2.41. The van der Waals surface area contributed by atoms with Crippen molar-refractivity contribution in [2.75, 3.05) is 7.11 Å². The Hall–Kier alpha value is -2.05. The lowest BCUT2D eigenvalue weighted by atomic mass is 9.94. The number of nitrogens with zero attached hydrogens (tertiary/aromatic N) is 1. The lowest BCUT2D eigenvalue weighted by molar-refractivity contribution is -0.174. The van der Waals surface area contributed by atoms with Crippen LogP contribution in [-0.4, -0.2) is 30.9 Å². The van der Waals surface area contributed by atoms with E-state index in [9.17, 15) is 18.0 Å². The second-order valence-electron chi connectivity index (χ2n) is 4.72. The Balaban J connectivity index is 3.12. The second-order valence-corrected chi connectivity index (χ2v) is 4.72. The highest BCUT2D eigenvalue weighted by Crippen LogP contribution is 2.18. The quantitative estimate of drug-likeness (QED) is 0.671. The Morgan fingerprint density at radius 2 is 1.81 bits per heavy atom. The minimum atomic E-state index is -4.94. The van der Waals surface area contributed by atoms with E-state index < -0.39 is 18.1 Å². The number of rotatable bonds is 5. The van der Waals surface area contributed by atoms with Crippen molar-refractivity contribution in [3.8, 4) is 0 Å². The number of amides is 1. The summed E-state index contributed by atoms with van der Waals surface area (Å²) in [5, 5.41) is 5.75. The van der Waals surface area contributed by atoms with E-state index in [0.29, 0.717) is 5.56 Å². The monoisotopic (exact) mass is 302 g/mol. The van der Waals surface area contributed by atoms with Crippen molar-refractivity contribution in [2.45, 2.75) is 26.1 Å². The minimum Gasteiger partial charge on any atom is -0.399 e. The predicted molar refractivity (Wildman–Crippen MR) is 72.8 cm³/mol. The average Bonchev–Trinajstić information content (AvgIpc) is 2.42. The zero-order valence-corrected chi connectivity index (χ0v) is 11.9. The fraction of sp³-hybridized carbons (Fsp3) is 0.429. The zero-order valence-electron chi connectivity index (χ0n) is 11.9. The molecule has 116 valence electrons. The molecule has 7 heteroatoms. The van der Waals surface area contributed by atoms with Crippen LogP contribution in [-0.2, 0) is 9.63 Å². The number of halogens is 3. The predicted octanol–water partition coefficient (Wildman–Crippen LogP) is 2.74. The van der Waals surface area contributed by atoms with E-state index in [1.54, 1.807) is 44.2 Å². The van der Waals surface area contributed by atoms with E-state index in [1.165, 1.54) is 7.11 Å². The molecule has 4 nitrogen and oxygen atoms in total. The highest BCUT2D eigenvalue weighted by atomic mass is 19.4. The minimum absolute atomic E-state index is 0.241. The summed E-state index contributed by atoms with van der Waals surface area (Å²) in [6, 6.07) is 7.68. The summed E-state index contributed by atoms with van der Waals surface area (Å²) in [4.78, 5) is 15.9. The van der Waals surface area contributed by atoms with Gasteiger partial charge in [0, 0.05) is 5.56 Å². The van der Waals surface area contributed by atoms with E-state index in [2.05, 4.69) is 5.16 Å². The van der Waals surface area contributed by atoms with Crippen LogP contribution in [0.4, 0.5) is 13.2 Å². The molecule has 0 unspecified atom stereocenters. The first-order valence-corrected chi connectivity index (χ1v) is 6.31. The Bertz CT molecular complexity index is 499. The molecule has 21 heavy (non-hydrogen) atoms. The van der Waals surface area contributed by atoms with Gasteiger partial charge in [0.1, 0.15) is 12.8 Å². The fourth-order valence-electron chi connectivity index (χ4n) is 1.77. The van der Waals surface area contributed by atoms with Gasteiger partial charge in [-0.15, -0.1) is 0 Å². The van der Waals surface area contributed by atoms with E-state index >= 15 is 0 Å². The number of alkyl halides is 3. The third-order valence-electron chi connectivity index (χ3n) is 2.76. The molecule has 1 aromatic rings. The first-order chi connectivity index (χ1) is 9.77. The Morgan fingerprint density at radius 1 is 1.24 bits per heavy atom. The molecule has 0 fully saturated rings. The number of oxime groups is 1. The zero-order chi connectivity index (χ0) is 16.0. The molecular weight excluding hydrogens is 285 g/mol. The van der Waals surface area contributed by atoms with Crippen LogP contribution in [0.3, 0.4) is 0 Å². The van der Waals surface area contributed by atoms with Crippen molar-refractivity contribution in [2.24, 2.45) is 11.1 Å². The van der Waals surface area contributed by atoms with Crippen LogP contribution in [0.1, 0.15) is 19.4 Å². The number of carbonyl (C=O) groups excluding carboxylic acids is 1. The lowest BCUT2D eigenvalue weighted by Gasteiger charge is -2.24. The van der Waals surface area contributed by atoms with Crippen LogP contribution in [0.5, 0.6) is 0 Å². The van der Waals surface area contributed by atoms with Crippen LogP contribution in [0.15, 0.2) is 35.5 Å². The van der Waals surface area contributed by atoms with Crippen LogP contribution in [0.25, 0.3) is 0 Å². The summed E-state index contributed by atoms with van der Waals surface area (Å²) < 4.78 is 37.3. The normalized spacial score (nSPS) is 14.0. The molecule has 0 aliphatic rings. The van der Waals surface area contributed by atoms with Crippen LogP contribution in [0, 0.1) is 5.92 Å². The molecule has 0 bridgehead atoms. The van der Waals surface area contributed by atoms with Gasteiger partial charge in [0.25, 0.3) is 0 Å². The SMILES string of the molecule is CO/N=C(\c1ccccc1)[C@@H](NC(=O)C(F)(F)F)C(C)C. The van der Waals surface area contributed by atoms with Gasteiger partial charge in [0.2, 0.25) is 0 Å². The third-order valence-corrected chi connectivity index (χ3v) is 2.76. The van der Waals surface area contributed by atoms with E-state index in [-0.39, 0.29) is 11.6 Å². The topological polar surface area (TPSA) is 50.7 Å². The molecule has 1 N–H and O–H groups in total. The van der Waals surface area contributed by atoms with Gasteiger partial charge in [-0.05, 0) is 5.92 Å². The molecule has 0 aliphatic carbocycles. The van der Waals surface area contributed by atoms with E-state index in [1.807, 2.05) is 5.32 Å². The van der Waals surface area contributed by atoms with Crippen molar-refractivity contribution >= 4 is 11.6 Å². The van der Waals surface area contributed by atoms with Gasteiger partial charge < -0.3 is 10.2 Å². The van der Waals surface area contributed by atoms with Gasteiger partial charge in [-0.25, -0.2) is 0 Å². The summed E-state index contributed by atoms with van der Waals surface area (Å²) in [5.74, 6) is -2.30. The number of carbonyl (C=O) groups is 1. The second kappa shape index (κ2) is 7.10. The maximum atomic E-state index is 12.4. The van der Waals surface area contributed by atoms with Gasteiger partial charge in [-0.3, -0.25) is 4.79 Å². The van der Waals surface area contributed by atoms with Crippen molar-refractivity contribution in [3.05, 3.63) is 35.9 Å². The molecule has 1 amide bonds. The van der Waals surface area contributed by atoms with Gasteiger partial charge in [-0.2, -0.15) is 13.2 Å². The van der Waals surface area contributed by atoms with Crippen molar-refractivity contribution in [3.63, 3.8) is 0 Å². The summed E-state index contributed by atoms with van der Waals surface area (Å²) in [7, 11) is 1.30. The number of hydrogen-bond donors (Lipinski definition) is 1. The largest absolute Gasteiger partial charge is 0.471 e. The molecule has 1 aromatic carbocycles. The van der Waals surface area contributed by atoms with Crippen molar-refractivity contribution in [1.29, 1.82) is 0 Å². The maximum Gasteiger partial charge on any atom is 0.471 e. The standard InChI is InChI=1S/C14H17F3N2O2/c1-9(2)11(18-13(20)14(15,16)17)12(19-21-3)10-7-5-4-6-8-10/h4-9,11H,1-3H3,(H,18,20)/b19-12+/t11-/m0/s1. The number of nitrogens with one attached hydrogen (secondary N) is 1. The summed E-state index contributed by atoms with van der Waals surface area (Å²) in [5.41, 5.74) is 0.825. The van der Waals surface area contributed by atoms with E-state index in [0.717, 1.165) is 0 Å². The third kappa shape index (κ3) is 4.77. The van der Waals surface area contributed by atoms with Crippen molar-refractivity contribution < 1.29 is 22.8 Å². The molecule has 0 saturated carbocycles. The summed E-state index contributed by atoms with van der Waals surface area (Å²) in [6.07, 6.45) is -4.94. The Kier molecular flexibility index (Phi) is 5.75. The van der Waals surface area contributed by atoms with Crippen molar-refractivity contribution in [1.82, 2.24) is 5.32 Å². The van der Waals surface area contributed by atoms with Gasteiger partial charge in [-0.1, -0.05) is 49.3 Å². The molecular formula is C14H17F3N2O2. The molecule has 1 atom stereocenters. The smallest absolute Gasteiger partial charge is 0.399 e. The fourth-order valence-corrected chi connectivity index (χ4v) is 1.77. The highest BCUT2D eigenvalue weighted by molar-refractivity contribution is 6.06. The van der Waals surface area contributed by atoms with E-state index in [4.69, 9.17) is 4.84 Å². The van der Waals surface area contributed by atoms with Gasteiger partial charge >= 0.3 is 12.1 Å². The average molecular weight is 302 g/mol. The number of hydrogen-bond acceptors (Lipinski definition) is 3. The molecule has 0 radical (unpaired) electrons. The molecule has 1 rings (SSSR count). The molecule has 0 aromatic heterocycles. The van der Waals surface area contributed by atoms with Crippen LogP contribution >= 0.6 is 0 Å². The lowest BCUT2D eigenvalue weighted by Crippen LogP contribution is -2.49. The molecule has 0 heterocycles. The molecule has 0 saturated heterocycles. The van der Waals surface area contributed by atoms with Crippen LogP contribution in [0.2, 0.25) is 0 Å². The Labute approximate surface area is 121 Å². The first-order valence-electron chi connectivity index (χ1n) is 6.31. The maximum absolute atomic E-state index is 12.4. The van der Waals surface area contributed by atoms with Gasteiger partial charge in [0.15, 0.2) is 0 Å². The van der Waals surface area contributed by atoms with Crippen LogP contribution < -0.4 is 5.32 Å². The number of benzene rings is 1. The Morgan fingerprint density at radius 3 is 2.24 bits per heavy atom. The molecule has 0 spiro atoms. The molecule has 0 aliphatic heterocycles. The summed E-state index contributed by atoms with van der Waals surface area (Å²) >= 11 is 0. The first kappa shape index (κ1) is 17.0.